The van der Waals surface area contributed by atoms with Gasteiger partial charge in [0.15, 0.2) is 4.80 Å². The van der Waals surface area contributed by atoms with Crippen LogP contribution in [0.5, 0.6) is 5.75 Å². The second kappa shape index (κ2) is 12.7. The highest BCUT2D eigenvalue weighted by Gasteiger charge is 2.34. The Balaban J connectivity index is 1.51. The van der Waals surface area contributed by atoms with Crippen LogP contribution in [0.25, 0.3) is 17.0 Å². The second-order valence-electron chi connectivity index (χ2n) is 11.0. The number of carbonyl (C=O) groups excluding carboxylic acids is 2. The summed E-state index contributed by atoms with van der Waals surface area (Å²) in [6.07, 6.45) is 7.24. The van der Waals surface area contributed by atoms with E-state index in [0.29, 0.717) is 32.8 Å². The Morgan fingerprint density at radius 1 is 1.09 bits per heavy atom. The molecule has 0 radical (unpaired) electrons. The molecule has 1 amide bonds. The van der Waals surface area contributed by atoms with Gasteiger partial charge in [0, 0.05) is 35.8 Å². The van der Waals surface area contributed by atoms with Crippen molar-refractivity contribution in [2.24, 2.45) is 4.99 Å². The molecule has 4 heterocycles. The lowest BCUT2D eigenvalue weighted by Crippen LogP contribution is -2.40. The first-order valence-electron chi connectivity index (χ1n) is 15.1. The van der Waals surface area contributed by atoms with Gasteiger partial charge >= 0.3 is 5.97 Å². The Kier molecular flexibility index (Phi) is 8.52. The van der Waals surface area contributed by atoms with Gasteiger partial charge in [0.2, 0.25) is 5.91 Å². The highest BCUT2D eigenvalue weighted by atomic mass is 32.1. The maximum Gasteiger partial charge on any atom is 0.338 e. The third-order valence-corrected chi connectivity index (χ3v) is 9.16. The van der Waals surface area contributed by atoms with Crippen molar-refractivity contribution in [3.8, 4) is 5.75 Å². The van der Waals surface area contributed by atoms with Gasteiger partial charge in [-0.3, -0.25) is 14.2 Å². The quantitative estimate of drug-likeness (QED) is 0.265. The Hall–Kier alpha value is -4.44. The minimum atomic E-state index is -0.719. The first-order valence-corrected chi connectivity index (χ1v) is 16.0. The minimum Gasteiger partial charge on any atom is -0.497 e. The van der Waals surface area contributed by atoms with Crippen molar-refractivity contribution < 1.29 is 19.1 Å². The van der Waals surface area contributed by atoms with Gasteiger partial charge in [-0.1, -0.05) is 55.0 Å². The van der Waals surface area contributed by atoms with Crippen molar-refractivity contribution in [2.75, 3.05) is 26.8 Å². The molecule has 1 atom stereocenters. The van der Waals surface area contributed by atoms with E-state index in [9.17, 15) is 14.4 Å². The van der Waals surface area contributed by atoms with Crippen molar-refractivity contribution in [1.29, 1.82) is 0 Å². The number of esters is 1. The maximum absolute atomic E-state index is 14.2. The molecule has 2 aromatic carbocycles. The van der Waals surface area contributed by atoms with Gasteiger partial charge in [-0.2, -0.15) is 0 Å². The molecule has 6 rings (SSSR count). The summed E-state index contributed by atoms with van der Waals surface area (Å²) in [6, 6.07) is 14.6. The van der Waals surface area contributed by atoms with Crippen LogP contribution in [0.15, 0.2) is 75.8 Å². The van der Waals surface area contributed by atoms with E-state index in [-0.39, 0.29) is 24.6 Å². The van der Waals surface area contributed by atoms with Crippen molar-refractivity contribution >= 4 is 40.2 Å². The summed E-state index contributed by atoms with van der Waals surface area (Å²) >= 11 is 1.30. The first kappa shape index (κ1) is 29.6. The third-order valence-electron chi connectivity index (χ3n) is 8.17. The number of ether oxygens (including phenoxy) is 2. The predicted octanol–water partition coefficient (Wildman–Crippen LogP) is 4.16. The number of para-hydroxylation sites is 1. The molecule has 2 aliphatic rings. The number of fused-ring (bicyclic) bond motifs is 2. The number of hydrogen-bond donors (Lipinski definition) is 0. The van der Waals surface area contributed by atoms with Crippen LogP contribution in [-0.2, 0) is 20.9 Å². The number of benzene rings is 2. The van der Waals surface area contributed by atoms with Crippen LogP contribution in [0.3, 0.4) is 0 Å². The highest BCUT2D eigenvalue weighted by Crippen LogP contribution is 2.34. The fourth-order valence-corrected chi connectivity index (χ4v) is 7.13. The lowest BCUT2D eigenvalue weighted by Gasteiger charge is -2.26. The molecule has 228 valence electrons. The molecule has 0 bridgehead atoms. The smallest absolute Gasteiger partial charge is 0.338 e. The molecule has 0 spiro atoms. The van der Waals surface area contributed by atoms with Crippen molar-refractivity contribution in [1.82, 2.24) is 14.0 Å². The number of methoxy groups -OCH3 is 1. The van der Waals surface area contributed by atoms with Crippen LogP contribution in [0.2, 0.25) is 0 Å². The standard InChI is InChI=1S/C34H36N4O5S/c1-4-11-26-30(33(41)43-5-2)31(22-12-10-13-24(18-22)42-3)38-32(40)28(44-34(38)35-26)19-23-20-37(27-15-7-6-14-25(23)27)21-29(39)36-16-8-9-17-36/h6-7,10,12-15,18-20,31H,4-5,8-9,11,16-17,21H2,1-3H3/b28-19+/t31-/m0/s1. The van der Waals surface area contributed by atoms with Gasteiger partial charge in [0.1, 0.15) is 12.3 Å². The molecule has 0 N–H and O–H groups in total. The Bertz CT molecular complexity index is 1940. The molecule has 0 aliphatic carbocycles. The number of allylic oxidation sites excluding steroid dienone is 1. The Labute approximate surface area is 259 Å². The summed E-state index contributed by atoms with van der Waals surface area (Å²) in [6.45, 7) is 5.85. The van der Waals surface area contributed by atoms with E-state index < -0.39 is 12.0 Å². The molecule has 0 saturated carbocycles. The highest BCUT2D eigenvalue weighted by molar-refractivity contribution is 7.07. The van der Waals surface area contributed by atoms with Crippen LogP contribution < -0.4 is 19.6 Å². The summed E-state index contributed by atoms with van der Waals surface area (Å²) in [4.78, 5) is 48.0. The van der Waals surface area contributed by atoms with E-state index in [2.05, 4.69) is 0 Å². The van der Waals surface area contributed by atoms with Gasteiger partial charge in [-0.25, -0.2) is 9.79 Å². The zero-order valence-corrected chi connectivity index (χ0v) is 26.1. The average molecular weight is 613 g/mol. The fraction of sp³-hybridized carbons (Fsp3) is 0.353. The monoisotopic (exact) mass is 612 g/mol. The van der Waals surface area contributed by atoms with E-state index in [0.717, 1.165) is 54.4 Å². The first-order chi connectivity index (χ1) is 21.4. The van der Waals surface area contributed by atoms with E-state index in [1.807, 2.05) is 77.2 Å². The van der Waals surface area contributed by atoms with E-state index in [1.54, 1.807) is 18.6 Å². The van der Waals surface area contributed by atoms with Crippen LogP contribution in [0.4, 0.5) is 0 Å². The number of nitrogens with zero attached hydrogens (tertiary/aromatic N) is 4. The molecule has 2 aromatic heterocycles. The number of aromatic nitrogens is 2. The van der Waals surface area contributed by atoms with Crippen LogP contribution in [-0.4, -0.2) is 52.7 Å². The molecule has 4 aromatic rings. The Morgan fingerprint density at radius 3 is 2.64 bits per heavy atom. The normalized spacial score (nSPS) is 16.8. The van der Waals surface area contributed by atoms with Gasteiger partial charge in [0.25, 0.3) is 5.56 Å². The SMILES string of the molecule is CCCC1=C(C(=O)OCC)[C@H](c2cccc(OC)c2)n2c(s/c(=C/c3cn(CC(=O)N4CCCC4)c4ccccc34)c2=O)=N1. The van der Waals surface area contributed by atoms with Crippen molar-refractivity contribution in [3.05, 3.63) is 96.8 Å². The minimum absolute atomic E-state index is 0.0995. The molecular weight excluding hydrogens is 576 g/mol. The van der Waals surface area contributed by atoms with Crippen molar-refractivity contribution in [3.63, 3.8) is 0 Å². The third kappa shape index (κ3) is 5.50. The lowest BCUT2D eigenvalue weighted by molar-refractivity contribution is -0.139. The second-order valence-corrected chi connectivity index (χ2v) is 12.0. The van der Waals surface area contributed by atoms with Gasteiger partial charge in [-0.05, 0) is 56.0 Å². The number of rotatable bonds is 9. The largest absolute Gasteiger partial charge is 0.497 e. The molecule has 10 heteroatoms. The van der Waals surface area contributed by atoms with Crippen LogP contribution >= 0.6 is 11.3 Å². The summed E-state index contributed by atoms with van der Waals surface area (Å²) < 4.78 is 15.1. The number of thiazole rings is 1. The zero-order chi connectivity index (χ0) is 30.8. The average Bonchev–Trinajstić information content (AvgIpc) is 3.76. The van der Waals surface area contributed by atoms with E-state index in [1.165, 1.54) is 11.3 Å². The van der Waals surface area contributed by atoms with Crippen LogP contribution in [0.1, 0.15) is 56.7 Å². The molecule has 2 aliphatic heterocycles. The summed E-state index contributed by atoms with van der Waals surface area (Å²) in [5.74, 6) is 0.244. The zero-order valence-electron chi connectivity index (χ0n) is 25.2. The molecule has 44 heavy (non-hydrogen) atoms. The number of hydrogen-bond acceptors (Lipinski definition) is 7. The molecule has 0 unspecified atom stereocenters. The number of carbonyl (C=O) groups is 2. The number of likely N-dealkylation sites (tertiary alicyclic amines) is 1. The van der Waals surface area contributed by atoms with E-state index in [4.69, 9.17) is 14.5 Å². The van der Waals surface area contributed by atoms with E-state index >= 15 is 0 Å². The molecular formula is C34H36N4O5S. The molecule has 1 fully saturated rings. The summed E-state index contributed by atoms with van der Waals surface area (Å²) in [7, 11) is 1.59. The number of amides is 1. The Morgan fingerprint density at radius 2 is 1.89 bits per heavy atom. The topological polar surface area (TPSA) is 95.1 Å². The van der Waals surface area contributed by atoms with Crippen LogP contribution in [0, 0.1) is 0 Å². The lowest BCUT2D eigenvalue weighted by atomic mass is 9.94. The maximum atomic E-state index is 14.2. The summed E-state index contributed by atoms with van der Waals surface area (Å²) in [5, 5.41) is 0.954. The van der Waals surface area contributed by atoms with Gasteiger partial charge < -0.3 is 18.9 Å². The molecule has 9 nitrogen and oxygen atoms in total. The fourth-order valence-electron chi connectivity index (χ4n) is 6.12. The van der Waals surface area contributed by atoms with Gasteiger partial charge in [0.05, 0.1) is 35.6 Å². The predicted molar refractivity (Wildman–Crippen MR) is 170 cm³/mol. The molecule has 1 saturated heterocycles. The van der Waals surface area contributed by atoms with Crippen molar-refractivity contribution in [2.45, 2.75) is 52.1 Å². The summed E-state index contributed by atoms with van der Waals surface area (Å²) in [5.41, 5.74) is 3.27. The van der Waals surface area contributed by atoms with Gasteiger partial charge in [-0.15, -0.1) is 0 Å².